The number of rotatable bonds is 7. The molecule has 150 valence electrons. The summed E-state index contributed by atoms with van der Waals surface area (Å²) in [6, 6.07) is 13.6. The van der Waals surface area contributed by atoms with E-state index in [-0.39, 0.29) is 11.8 Å². The number of carbonyl (C=O) groups is 1. The molecule has 1 aliphatic heterocycles. The molecule has 0 aliphatic carbocycles. The number of amides is 1. The van der Waals surface area contributed by atoms with Crippen LogP contribution in [-0.4, -0.2) is 45.2 Å². The summed E-state index contributed by atoms with van der Waals surface area (Å²) < 4.78 is 15.8. The third-order valence-corrected chi connectivity index (χ3v) is 5.15. The first-order valence-corrected chi connectivity index (χ1v) is 9.51. The van der Waals surface area contributed by atoms with Gasteiger partial charge in [0.25, 0.3) is 0 Å². The van der Waals surface area contributed by atoms with E-state index in [2.05, 4.69) is 22.3 Å². The third-order valence-electron chi connectivity index (χ3n) is 5.15. The maximum Gasteiger partial charge on any atom is 0.227 e. The Morgan fingerprint density at radius 3 is 2.43 bits per heavy atom. The maximum absolute atomic E-state index is 12.7. The van der Waals surface area contributed by atoms with E-state index in [9.17, 15) is 4.79 Å². The highest BCUT2D eigenvalue weighted by Crippen LogP contribution is 2.30. The predicted octanol–water partition coefficient (Wildman–Crippen LogP) is 3.56. The minimum Gasteiger partial charge on any atom is -0.497 e. The van der Waals surface area contributed by atoms with Gasteiger partial charge in [-0.1, -0.05) is 12.1 Å². The summed E-state index contributed by atoms with van der Waals surface area (Å²) in [7, 11) is 4.86. The lowest BCUT2D eigenvalue weighted by Crippen LogP contribution is -2.37. The van der Waals surface area contributed by atoms with Crippen LogP contribution in [0.2, 0.25) is 0 Å². The molecule has 0 saturated carbocycles. The molecule has 1 saturated heterocycles. The Morgan fingerprint density at radius 1 is 1.00 bits per heavy atom. The van der Waals surface area contributed by atoms with E-state index in [1.807, 2.05) is 18.2 Å². The minimum atomic E-state index is 0.0228. The van der Waals surface area contributed by atoms with E-state index in [1.165, 1.54) is 5.56 Å². The van der Waals surface area contributed by atoms with Gasteiger partial charge >= 0.3 is 0 Å². The van der Waals surface area contributed by atoms with Crippen molar-refractivity contribution in [2.45, 2.75) is 19.4 Å². The summed E-state index contributed by atoms with van der Waals surface area (Å²) in [5, 5.41) is 3.01. The molecule has 1 heterocycles. The van der Waals surface area contributed by atoms with Crippen molar-refractivity contribution in [1.29, 1.82) is 0 Å². The summed E-state index contributed by atoms with van der Waals surface area (Å²) in [4.78, 5) is 15.0. The number of methoxy groups -OCH3 is 3. The van der Waals surface area contributed by atoms with Gasteiger partial charge in [-0.25, -0.2) is 0 Å². The van der Waals surface area contributed by atoms with Crippen molar-refractivity contribution < 1.29 is 19.0 Å². The summed E-state index contributed by atoms with van der Waals surface area (Å²) in [5.41, 5.74) is 1.95. The van der Waals surface area contributed by atoms with Gasteiger partial charge in [0, 0.05) is 24.2 Å². The van der Waals surface area contributed by atoms with Crippen LogP contribution in [0.5, 0.6) is 17.2 Å². The number of ether oxygens (including phenoxy) is 3. The van der Waals surface area contributed by atoms with Crippen LogP contribution in [-0.2, 0) is 11.3 Å². The summed E-state index contributed by atoms with van der Waals surface area (Å²) in [6.45, 7) is 2.68. The molecule has 0 aromatic heterocycles. The largest absolute Gasteiger partial charge is 0.497 e. The topological polar surface area (TPSA) is 60.0 Å². The Bertz CT molecular complexity index is 801. The van der Waals surface area contributed by atoms with Crippen molar-refractivity contribution in [1.82, 2.24) is 4.90 Å². The van der Waals surface area contributed by atoms with Crippen molar-refractivity contribution in [2.75, 3.05) is 39.7 Å². The average molecular weight is 384 g/mol. The maximum atomic E-state index is 12.7. The molecule has 28 heavy (non-hydrogen) atoms. The predicted molar refractivity (Wildman–Crippen MR) is 109 cm³/mol. The molecule has 2 aromatic carbocycles. The van der Waals surface area contributed by atoms with Crippen LogP contribution >= 0.6 is 0 Å². The number of hydrogen-bond acceptors (Lipinski definition) is 5. The van der Waals surface area contributed by atoms with Gasteiger partial charge in [-0.3, -0.25) is 9.69 Å². The van der Waals surface area contributed by atoms with Crippen LogP contribution in [0, 0.1) is 5.92 Å². The fourth-order valence-corrected chi connectivity index (χ4v) is 3.54. The van der Waals surface area contributed by atoms with Crippen LogP contribution in [0.25, 0.3) is 0 Å². The fourth-order valence-electron chi connectivity index (χ4n) is 3.54. The van der Waals surface area contributed by atoms with E-state index in [1.54, 1.807) is 33.5 Å². The Labute approximate surface area is 166 Å². The second-order valence-electron chi connectivity index (χ2n) is 6.96. The van der Waals surface area contributed by atoms with Crippen molar-refractivity contribution in [3.63, 3.8) is 0 Å². The number of likely N-dealkylation sites (tertiary alicyclic amines) is 1. The van der Waals surface area contributed by atoms with Gasteiger partial charge < -0.3 is 19.5 Å². The zero-order valence-corrected chi connectivity index (χ0v) is 16.7. The molecule has 0 unspecified atom stereocenters. The van der Waals surface area contributed by atoms with Crippen LogP contribution in [0.1, 0.15) is 18.4 Å². The van der Waals surface area contributed by atoms with Crippen LogP contribution < -0.4 is 19.5 Å². The van der Waals surface area contributed by atoms with Gasteiger partial charge in [0.05, 0.1) is 21.3 Å². The van der Waals surface area contributed by atoms with E-state index in [0.29, 0.717) is 11.5 Å². The van der Waals surface area contributed by atoms with Gasteiger partial charge in [-0.05, 0) is 55.8 Å². The lowest BCUT2D eigenvalue weighted by molar-refractivity contribution is -0.121. The molecule has 0 radical (unpaired) electrons. The van der Waals surface area contributed by atoms with Gasteiger partial charge in [0.15, 0.2) is 11.5 Å². The first-order valence-electron chi connectivity index (χ1n) is 9.51. The zero-order chi connectivity index (χ0) is 19.9. The summed E-state index contributed by atoms with van der Waals surface area (Å²) >= 11 is 0. The molecule has 1 aliphatic rings. The Kier molecular flexibility index (Phi) is 6.76. The molecule has 1 N–H and O–H groups in total. The van der Waals surface area contributed by atoms with Gasteiger partial charge in [0.1, 0.15) is 5.75 Å². The van der Waals surface area contributed by atoms with Crippen LogP contribution in [0.15, 0.2) is 42.5 Å². The van der Waals surface area contributed by atoms with E-state index in [0.717, 1.165) is 43.9 Å². The van der Waals surface area contributed by atoms with Crippen LogP contribution in [0.4, 0.5) is 5.69 Å². The highest BCUT2D eigenvalue weighted by Gasteiger charge is 2.25. The minimum absolute atomic E-state index is 0.0228. The lowest BCUT2D eigenvalue weighted by Gasteiger charge is -2.31. The number of carbonyl (C=O) groups excluding carboxylic acids is 1. The van der Waals surface area contributed by atoms with E-state index in [4.69, 9.17) is 14.2 Å². The molecule has 0 spiro atoms. The molecule has 0 bridgehead atoms. The summed E-state index contributed by atoms with van der Waals surface area (Å²) in [5.74, 6) is 2.21. The molecule has 1 amide bonds. The van der Waals surface area contributed by atoms with Gasteiger partial charge in [-0.2, -0.15) is 0 Å². The standard InChI is InChI=1S/C22H28N2O4/c1-26-19-6-4-5-16(13-19)15-24-11-9-17(10-12-24)22(25)23-18-7-8-20(27-2)21(14-18)28-3/h4-8,13-14,17H,9-12,15H2,1-3H3,(H,23,25). The monoisotopic (exact) mass is 384 g/mol. The Hall–Kier alpha value is -2.73. The average Bonchev–Trinajstić information content (AvgIpc) is 2.74. The second kappa shape index (κ2) is 9.46. The number of benzene rings is 2. The van der Waals surface area contributed by atoms with E-state index >= 15 is 0 Å². The first-order chi connectivity index (χ1) is 13.6. The molecule has 0 atom stereocenters. The number of piperidine rings is 1. The summed E-state index contributed by atoms with van der Waals surface area (Å²) in [6.07, 6.45) is 1.70. The SMILES string of the molecule is COc1cccc(CN2CCC(C(=O)Nc3ccc(OC)c(OC)c3)CC2)c1. The van der Waals surface area contributed by atoms with Crippen molar-refractivity contribution >= 4 is 11.6 Å². The fraction of sp³-hybridized carbons (Fsp3) is 0.409. The lowest BCUT2D eigenvalue weighted by atomic mass is 9.95. The number of hydrogen-bond donors (Lipinski definition) is 1. The van der Waals surface area contributed by atoms with Crippen LogP contribution in [0.3, 0.4) is 0 Å². The normalized spacial score (nSPS) is 15.1. The van der Waals surface area contributed by atoms with Crippen molar-refractivity contribution in [3.8, 4) is 17.2 Å². The Morgan fingerprint density at radius 2 is 1.75 bits per heavy atom. The molecule has 6 heteroatoms. The van der Waals surface area contributed by atoms with Gasteiger partial charge in [-0.15, -0.1) is 0 Å². The molecule has 6 nitrogen and oxygen atoms in total. The van der Waals surface area contributed by atoms with Gasteiger partial charge in [0.2, 0.25) is 5.91 Å². The first kappa shape index (κ1) is 20.0. The molecular formula is C22H28N2O4. The molecule has 1 fully saturated rings. The zero-order valence-electron chi connectivity index (χ0n) is 16.7. The molecule has 3 rings (SSSR count). The number of anilines is 1. The quantitative estimate of drug-likeness (QED) is 0.791. The highest BCUT2D eigenvalue weighted by atomic mass is 16.5. The third kappa shape index (κ3) is 4.95. The molecular weight excluding hydrogens is 356 g/mol. The van der Waals surface area contributed by atoms with Crippen molar-refractivity contribution in [3.05, 3.63) is 48.0 Å². The molecule has 2 aromatic rings. The Balaban J connectivity index is 1.52. The smallest absolute Gasteiger partial charge is 0.227 e. The van der Waals surface area contributed by atoms with Crippen molar-refractivity contribution in [2.24, 2.45) is 5.92 Å². The van der Waals surface area contributed by atoms with E-state index < -0.39 is 0 Å². The highest BCUT2D eigenvalue weighted by molar-refractivity contribution is 5.93. The number of nitrogens with one attached hydrogen (secondary N) is 1. The number of nitrogens with zero attached hydrogens (tertiary/aromatic N) is 1. The second-order valence-corrected chi connectivity index (χ2v) is 6.96.